The van der Waals surface area contributed by atoms with Gasteiger partial charge >= 0.3 is 0 Å². The van der Waals surface area contributed by atoms with Crippen LogP contribution in [0.2, 0.25) is 0 Å². The minimum atomic E-state index is -3.88. The van der Waals surface area contributed by atoms with Crippen LogP contribution in [-0.2, 0) is 10.0 Å². The van der Waals surface area contributed by atoms with Gasteiger partial charge in [-0.05, 0) is 25.0 Å². The van der Waals surface area contributed by atoms with Gasteiger partial charge in [-0.2, -0.15) is 4.31 Å². The molecule has 1 rings (SSSR count). The molecular formula is C12H17F2NO2S. The third-order valence-electron chi connectivity index (χ3n) is 2.46. The van der Waals surface area contributed by atoms with Gasteiger partial charge in [-0.15, -0.1) is 0 Å². The Bertz CT molecular complexity index is 497. The molecule has 0 bridgehead atoms. The molecule has 0 aliphatic heterocycles. The molecule has 0 aliphatic rings. The second-order valence-electron chi connectivity index (χ2n) is 3.98. The van der Waals surface area contributed by atoms with Crippen LogP contribution >= 0.6 is 0 Å². The van der Waals surface area contributed by atoms with Crippen molar-refractivity contribution in [1.82, 2.24) is 4.31 Å². The summed E-state index contributed by atoms with van der Waals surface area (Å²) in [6.45, 7) is 4.35. The van der Waals surface area contributed by atoms with Crippen LogP contribution < -0.4 is 0 Å². The van der Waals surface area contributed by atoms with Crippen LogP contribution in [0.4, 0.5) is 8.78 Å². The summed E-state index contributed by atoms with van der Waals surface area (Å²) in [5, 5.41) is 0. The van der Waals surface area contributed by atoms with Crippen LogP contribution in [0.3, 0.4) is 0 Å². The predicted octanol–water partition coefficient (Wildman–Crippen LogP) is 2.78. The molecule has 102 valence electrons. The number of nitrogens with zero attached hydrogens (tertiary/aromatic N) is 1. The highest BCUT2D eigenvalue weighted by atomic mass is 32.2. The summed E-state index contributed by atoms with van der Waals surface area (Å²) >= 11 is 0. The van der Waals surface area contributed by atoms with Gasteiger partial charge in [-0.3, -0.25) is 0 Å². The SMILES string of the molecule is CCCN(CCC)S(=O)(=O)c1ccc(F)cc1F. The summed E-state index contributed by atoms with van der Waals surface area (Å²) in [4.78, 5) is -0.467. The maximum absolute atomic E-state index is 13.5. The maximum Gasteiger partial charge on any atom is 0.245 e. The molecule has 0 N–H and O–H groups in total. The number of sulfonamides is 1. The highest BCUT2D eigenvalue weighted by Crippen LogP contribution is 2.20. The molecule has 0 radical (unpaired) electrons. The lowest BCUT2D eigenvalue weighted by molar-refractivity contribution is 0.406. The van der Waals surface area contributed by atoms with Crippen molar-refractivity contribution >= 4 is 10.0 Å². The van der Waals surface area contributed by atoms with Crippen LogP contribution in [-0.4, -0.2) is 25.8 Å². The van der Waals surface area contributed by atoms with E-state index >= 15 is 0 Å². The van der Waals surface area contributed by atoms with E-state index in [9.17, 15) is 17.2 Å². The average Bonchev–Trinajstić information content (AvgIpc) is 2.28. The Labute approximate surface area is 106 Å². The van der Waals surface area contributed by atoms with E-state index in [2.05, 4.69) is 0 Å². The Hall–Kier alpha value is -1.01. The summed E-state index contributed by atoms with van der Waals surface area (Å²) in [6, 6.07) is 2.51. The van der Waals surface area contributed by atoms with Crippen LogP contribution in [0.1, 0.15) is 26.7 Å². The van der Waals surface area contributed by atoms with Gasteiger partial charge in [0.1, 0.15) is 16.5 Å². The van der Waals surface area contributed by atoms with E-state index in [0.717, 1.165) is 12.1 Å². The Kier molecular flexibility index (Phi) is 5.22. The van der Waals surface area contributed by atoms with Crippen molar-refractivity contribution in [3.05, 3.63) is 29.8 Å². The van der Waals surface area contributed by atoms with Crippen molar-refractivity contribution in [2.75, 3.05) is 13.1 Å². The van der Waals surface area contributed by atoms with E-state index in [1.165, 1.54) is 4.31 Å². The number of hydrogen-bond donors (Lipinski definition) is 0. The third kappa shape index (κ3) is 3.26. The number of halogens is 2. The van der Waals surface area contributed by atoms with Crippen molar-refractivity contribution in [3.8, 4) is 0 Å². The fourth-order valence-corrected chi connectivity index (χ4v) is 3.34. The molecule has 0 atom stereocenters. The quantitative estimate of drug-likeness (QED) is 0.802. The van der Waals surface area contributed by atoms with Crippen molar-refractivity contribution in [3.63, 3.8) is 0 Å². The van der Waals surface area contributed by atoms with Crippen molar-refractivity contribution in [1.29, 1.82) is 0 Å². The molecule has 0 aromatic heterocycles. The monoisotopic (exact) mass is 277 g/mol. The lowest BCUT2D eigenvalue weighted by Gasteiger charge is -2.21. The molecule has 0 amide bonds. The van der Waals surface area contributed by atoms with E-state index < -0.39 is 26.6 Å². The molecule has 0 saturated heterocycles. The van der Waals surface area contributed by atoms with Gasteiger partial charge in [-0.25, -0.2) is 17.2 Å². The molecular weight excluding hydrogens is 260 g/mol. The Morgan fingerprint density at radius 2 is 1.67 bits per heavy atom. The second kappa shape index (κ2) is 6.24. The Balaban J connectivity index is 3.17. The minimum Gasteiger partial charge on any atom is -0.207 e. The maximum atomic E-state index is 13.5. The van der Waals surface area contributed by atoms with E-state index in [-0.39, 0.29) is 0 Å². The molecule has 1 aromatic rings. The molecule has 0 fully saturated rings. The normalized spacial score (nSPS) is 12.1. The summed E-state index contributed by atoms with van der Waals surface area (Å²) < 4.78 is 52.0. The zero-order valence-corrected chi connectivity index (χ0v) is 11.3. The topological polar surface area (TPSA) is 37.4 Å². The van der Waals surface area contributed by atoms with E-state index in [1.54, 1.807) is 0 Å². The first-order valence-corrected chi connectivity index (χ1v) is 7.32. The smallest absolute Gasteiger partial charge is 0.207 e. The van der Waals surface area contributed by atoms with Gasteiger partial charge in [-0.1, -0.05) is 13.8 Å². The molecule has 3 nitrogen and oxygen atoms in total. The van der Waals surface area contributed by atoms with Crippen molar-refractivity contribution < 1.29 is 17.2 Å². The van der Waals surface area contributed by atoms with Crippen molar-refractivity contribution in [2.45, 2.75) is 31.6 Å². The molecule has 0 unspecified atom stereocenters. The summed E-state index contributed by atoms with van der Waals surface area (Å²) in [5.74, 6) is -1.84. The first-order valence-electron chi connectivity index (χ1n) is 5.88. The van der Waals surface area contributed by atoms with Gasteiger partial charge in [0.2, 0.25) is 10.0 Å². The van der Waals surface area contributed by atoms with Gasteiger partial charge in [0.15, 0.2) is 0 Å². The molecule has 18 heavy (non-hydrogen) atoms. The van der Waals surface area contributed by atoms with Crippen LogP contribution in [0, 0.1) is 11.6 Å². The average molecular weight is 277 g/mol. The van der Waals surface area contributed by atoms with Crippen LogP contribution in [0.5, 0.6) is 0 Å². The van der Waals surface area contributed by atoms with Gasteiger partial charge in [0.25, 0.3) is 0 Å². The summed E-state index contributed by atoms with van der Waals surface area (Å²) in [6.07, 6.45) is 1.28. The standard InChI is InChI=1S/C12H17F2NO2S/c1-3-7-15(8-4-2)18(16,17)12-6-5-10(13)9-11(12)14/h5-6,9H,3-4,7-8H2,1-2H3. The van der Waals surface area contributed by atoms with E-state index in [1.807, 2.05) is 13.8 Å². The van der Waals surface area contributed by atoms with Gasteiger partial charge in [0.05, 0.1) is 0 Å². The van der Waals surface area contributed by atoms with Crippen molar-refractivity contribution in [2.24, 2.45) is 0 Å². The highest BCUT2D eigenvalue weighted by Gasteiger charge is 2.26. The zero-order chi connectivity index (χ0) is 13.8. The van der Waals surface area contributed by atoms with Crippen LogP contribution in [0.15, 0.2) is 23.1 Å². The van der Waals surface area contributed by atoms with E-state index in [4.69, 9.17) is 0 Å². The first kappa shape index (κ1) is 15.0. The largest absolute Gasteiger partial charge is 0.245 e. The molecule has 6 heteroatoms. The lowest BCUT2D eigenvalue weighted by atomic mass is 10.3. The van der Waals surface area contributed by atoms with E-state index in [0.29, 0.717) is 32.0 Å². The zero-order valence-electron chi connectivity index (χ0n) is 10.5. The summed E-state index contributed by atoms with van der Waals surface area (Å²) in [5.41, 5.74) is 0. The minimum absolute atomic E-state index is 0.326. The van der Waals surface area contributed by atoms with Gasteiger partial charge < -0.3 is 0 Å². The summed E-state index contributed by atoms with van der Waals surface area (Å²) in [7, 11) is -3.88. The Morgan fingerprint density at radius 1 is 1.11 bits per heavy atom. The molecule has 0 spiro atoms. The molecule has 1 aromatic carbocycles. The van der Waals surface area contributed by atoms with Gasteiger partial charge in [0, 0.05) is 19.2 Å². The number of hydrogen-bond acceptors (Lipinski definition) is 2. The molecule has 0 heterocycles. The number of rotatable bonds is 6. The lowest BCUT2D eigenvalue weighted by Crippen LogP contribution is -2.33. The predicted molar refractivity (Wildman–Crippen MR) is 65.7 cm³/mol. The van der Waals surface area contributed by atoms with Crippen LogP contribution in [0.25, 0.3) is 0 Å². The fourth-order valence-electron chi connectivity index (χ4n) is 1.67. The molecule has 0 saturated carbocycles. The molecule has 0 aliphatic carbocycles. The Morgan fingerprint density at radius 3 is 2.11 bits per heavy atom. The third-order valence-corrected chi connectivity index (χ3v) is 4.39. The number of benzene rings is 1. The fraction of sp³-hybridized carbons (Fsp3) is 0.500. The first-order chi connectivity index (χ1) is 8.43. The second-order valence-corrected chi connectivity index (χ2v) is 5.89. The highest BCUT2D eigenvalue weighted by molar-refractivity contribution is 7.89.